The van der Waals surface area contributed by atoms with Crippen LogP contribution in [0.4, 0.5) is 14.5 Å². The van der Waals surface area contributed by atoms with Crippen molar-refractivity contribution in [2.75, 3.05) is 18.0 Å². The smallest absolute Gasteiger partial charge is 0.146 e. The molecule has 1 fully saturated rings. The Morgan fingerprint density at radius 1 is 1.25 bits per heavy atom. The molecule has 0 saturated carbocycles. The highest BCUT2D eigenvalue weighted by molar-refractivity contribution is 5.48. The van der Waals surface area contributed by atoms with Crippen LogP contribution in [0.3, 0.4) is 0 Å². The van der Waals surface area contributed by atoms with Gasteiger partial charge in [-0.3, -0.25) is 0 Å². The molecule has 1 aliphatic heterocycles. The van der Waals surface area contributed by atoms with E-state index in [-0.39, 0.29) is 17.3 Å². The van der Waals surface area contributed by atoms with Crippen LogP contribution in [0.2, 0.25) is 0 Å². The Kier molecular flexibility index (Phi) is 4.33. The van der Waals surface area contributed by atoms with Gasteiger partial charge in [0.25, 0.3) is 0 Å². The molecule has 1 aromatic rings. The Morgan fingerprint density at radius 2 is 1.95 bits per heavy atom. The minimum atomic E-state index is -0.409. The lowest BCUT2D eigenvalue weighted by atomic mass is 9.80. The van der Waals surface area contributed by atoms with Gasteiger partial charge in [-0.2, -0.15) is 0 Å². The summed E-state index contributed by atoms with van der Waals surface area (Å²) in [7, 11) is 0. The molecule has 20 heavy (non-hydrogen) atoms. The first-order valence-electron chi connectivity index (χ1n) is 7.20. The van der Waals surface area contributed by atoms with E-state index in [9.17, 15) is 8.78 Å². The molecule has 1 aromatic carbocycles. The third kappa shape index (κ3) is 3.92. The Bertz CT molecular complexity index is 468. The highest BCUT2D eigenvalue weighted by atomic mass is 19.1. The van der Waals surface area contributed by atoms with E-state index in [4.69, 9.17) is 5.73 Å². The first kappa shape index (κ1) is 15.2. The van der Waals surface area contributed by atoms with Gasteiger partial charge < -0.3 is 10.6 Å². The van der Waals surface area contributed by atoms with E-state index >= 15 is 0 Å². The third-order valence-electron chi connectivity index (χ3n) is 3.72. The molecule has 0 spiro atoms. The number of hydrogen-bond acceptors (Lipinski definition) is 2. The summed E-state index contributed by atoms with van der Waals surface area (Å²) in [5, 5.41) is 0. The number of nitrogens with two attached hydrogens (primary N) is 1. The third-order valence-corrected chi connectivity index (χ3v) is 3.72. The van der Waals surface area contributed by atoms with Crippen LogP contribution >= 0.6 is 0 Å². The minimum Gasteiger partial charge on any atom is -0.367 e. The molecule has 2 rings (SSSR count). The largest absolute Gasteiger partial charge is 0.367 e. The van der Waals surface area contributed by atoms with E-state index in [1.807, 2.05) is 4.90 Å². The zero-order valence-electron chi connectivity index (χ0n) is 12.5. The zero-order valence-corrected chi connectivity index (χ0v) is 12.5. The van der Waals surface area contributed by atoms with Gasteiger partial charge in [0.1, 0.15) is 11.6 Å². The summed E-state index contributed by atoms with van der Waals surface area (Å²) < 4.78 is 27.2. The number of piperidine rings is 1. The lowest BCUT2D eigenvalue weighted by molar-refractivity contribution is 0.253. The van der Waals surface area contributed by atoms with Crippen LogP contribution in [0, 0.1) is 23.0 Å². The van der Waals surface area contributed by atoms with Crippen LogP contribution in [0.1, 0.15) is 33.6 Å². The van der Waals surface area contributed by atoms with Gasteiger partial charge in [0.15, 0.2) is 0 Å². The summed E-state index contributed by atoms with van der Waals surface area (Å²) in [5.74, 6) is -0.371. The fourth-order valence-corrected chi connectivity index (χ4v) is 3.19. The van der Waals surface area contributed by atoms with Crippen molar-refractivity contribution in [2.24, 2.45) is 17.1 Å². The van der Waals surface area contributed by atoms with Gasteiger partial charge in [0, 0.05) is 25.2 Å². The molecule has 1 saturated heterocycles. The van der Waals surface area contributed by atoms with Crippen LogP contribution in [0.15, 0.2) is 18.2 Å². The molecule has 1 heterocycles. The Morgan fingerprint density at radius 3 is 2.60 bits per heavy atom. The second-order valence-electron chi connectivity index (χ2n) is 7.13. The molecule has 0 aromatic heterocycles. The van der Waals surface area contributed by atoms with E-state index < -0.39 is 5.82 Å². The van der Waals surface area contributed by atoms with Crippen molar-refractivity contribution in [3.8, 4) is 0 Å². The summed E-state index contributed by atoms with van der Waals surface area (Å²) in [5.41, 5.74) is 6.65. The molecule has 0 aliphatic carbocycles. The predicted octanol–water partition coefficient (Wildman–Crippen LogP) is 3.55. The van der Waals surface area contributed by atoms with Crippen molar-refractivity contribution in [1.29, 1.82) is 0 Å². The van der Waals surface area contributed by atoms with Crippen LogP contribution in [-0.2, 0) is 0 Å². The highest BCUT2D eigenvalue weighted by Gasteiger charge is 2.29. The average Bonchev–Trinajstić information content (AvgIpc) is 2.29. The van der Waals surface area contributed by atoms with Crippen molar-refractivity contribution in [3.05, 3.63) is 29.8 Å². The maximum Gasteiger partial charge on any atom is 0.146 e. The maximum absolute atomic E-state index is 13.9. The van der Waals surface area contributed by atoms with Crippen LogP contribution in [-0.4, -0.2) is 19.1 Å². The predicted molar refractivity (Wildman–Crippen MR) is 78.7 cm³/mol. The summed E-state index contributed by atoms with van der Waals surface area (Å²) in [6, 6.07) is 3.61. The van der Waals surface area contributed by atoms with Crippen molar-refractivity contribution in [3.63, 3.8) is 0 Å². The molecule has 0 bridgehead atoms. The molecular formula is C16H24F2N2. The van der Waals surface area contributed by atoms with Gasteiger partial charge in [0.05, 0.1) is 5.69 Å². The quantitative estimate of drug-likeness (QED) is 0.898. The summed E-state index contributed by atoms with van der Waals surface area (Å²) in [4.78, 5) is 1.89. The van der Waals surface area contributed by atoms with Crippen LogP contribution in [0.25, 0.3) is 0 Å². The lowest BCUT2D eigenvalue weighted by Gasteiger charge is -2.40. The van der Waals surface area contributed by atoms with Crippen molar-refractivity contribution in [2.45, 2.75) is 39.7 Å². The van der Waals surface area contributed by atoms with Crippen LogP contribution in [0.5, 0.6) is 0 Å². The van der Waals surface area contributed by atoms with Gasteiger partial charge in [-0.25, -0.2) is 8.78 Å². The topological polar surface area (TPSA) is 29.3 Å². The fourth-order valence-electron chi connectivity index (χ4n) is 3.19. The zero-order chi connectivity index (χ0) is 14.9. The first-order valence-corrected chi connectivity index (χ1v) is 7.20. The number of halogens is 2. The fraction of sp³-hybridized carbons (Fsp3) is 0.625. The van der Waals surface area contributed by atoms with Gasteiger partial charge >= 0.3 is 0 Å². The number of anilines is 1. The van der Waals surface area contributed by atoms with E-state index in [2.05, 4.69) is 20.8 Å². The Labute approximate surface area is 120 Å². The molecule has 0 radical (unpaired) electrons. The number of nitrogens with zero attached hydrogens (tertiary/aromatic N) is 1. The number of rotatable bonds is 2. The molecule has 1 aliphatic rings. The van der Waals surface area contributed by atoms with Gasteiger partial charge in [-0.05, 0) is 36.3 Å². The van der Waals surface area contributed by atoms with Gasteiger partial charge in [-0.15, -0.1) is 0 Å². The number of benzene rings is 1. The molecule has 2 unspecified atom stereocenters. The number of hydrogen-bond donors (Lipinski definition) is 1. The van der Waals surface area contributed by atoms with E-state index in [0.29, 0.717) is 18.2 Å². The van der Waals surface area contributed by atoms with E-state index in [1.54, 1.807) is 0 Å². The second-order valence-corrected chi connectivity index (χ2v) is 7.13. The monoisotopic (exact) mass is 282 g/mol. The summed E-state index contributed by atoms with van der Waals surface area (Å²) in [6.07, 6.45) is 1.98. The van der Waals surface area contributed by atoms with Gasteiger partial charge in [-0.1, -0.05) is 20.8 Å². The SMILES string of the molecule is CC(C)(C)CC1CC(N)CN(c2cc(F)ccc2F)C1. The Balaban J connectivity index is 2.17. The second kappa shape index (κ2) is 5.68. The molecule has 2 N–H and O–H groups in total. The van der Waals surface area contributed by atoms with Crippen LogP contribution < -0.4 is 10.6 Å². The lowest BCUT2D eigenvalue weighted by Crippen LogP contribution is -2.48. The minimum absolute atomic E-state index is 0.0127. The van der Waals surface area contributed by atoms with Gasteiger partial charge in [0.2, 0.25) is 0 Å². The molecule has 4 heteroatoms. The van der Waals surface area contributed by atoms with Crippen molar-refractivity contribution >= 4 is 5.69 Å². The molecule has 2 atom stereocenters. The molecular weight excluding hydrogens is 258 g/mol. The standard InChI is InChI=1S/C16H24F2N2/c1-16(2,3)8-11-6-13(19)10-20(9-11)15-7-12(17)4-5-14(15)18/h4-5,7,11,13H,6,8-10,19H2,1-3H3. The Hall–Kier alpha value is -1.16. The highest BCUT2D eigenvalue weighted by Crippen LogP contribution is 2.32. The van der Waals surface area contributed by atoms with Crippen molar-refractivity contribution < 1.29 is 8.78 Å². The average molecular weight is 282 g/mol. The first-order chi connectivity index (χ1) is 9.24. The van der Waals surface area contributed by atoms with Crippen molar-refractivity contribution in [1.82, 2.24) is 0 Å². The molecule has 112 valence electrons. The summed E-state index contributed by atoms with van der Waals surface area (Å²) in [6.45, 7) is 7.91. The molecule has 2 nitrogen and oxygen atoms in total. The normalized spacial score (nSPS) is 24.0. The summed E-state index contributed by atoms with van der Waals surface area (Å²) >= 11 is 0. The molecule has 0 amide bonds. The van der Waals surface area contributed by atoms with E-state index in [0.717, 1.165) is 25.5 Å². The van der Waals surface area contributed by atoms with E-state index in [1.165, 1.54) is 12.1 Å². The maximum atomic E-state index is 13.9.